The molecule has 0 bridgehead atoms. The minimum absolute atomic E-state index is 0.00245. The van der Waals surface area contributed by atoms with Gasteiger partial charge < -0.3 is 13.6 Å². The van der Waals surface area contributed by atoms with Crippen molar-refractivity contribution < 1.29 is 18.4 Å². The van der Waals surface area contributed by atoms with Crippen LogP contribution in [0.2, 0.25) is 0 Å². The van der Waals surface area contributed by atoms with Crippen LogP contribution < -0.4 is 10.1 Å². The van der Waals surface area contributed by atoms with Crippen molar-refractivity contribution in [1.82, 2.24) is 10.2 Å². The molecule has 1 N–H and O–H groups in total. The van der Waals surface area contributed by atoms with Crippen LogP contribution in [0.25, 0.3) is 22.6 Å². The van der Waals surface area contributed by atoms with Crippen molar-refractivity contribution in [3.05, 3.63) is 96.1 Å². The van der Waals surface area contributed by atoms with Crippen LogP contribution in [0.3, 0.4) is 0 Å². The van der Waals surface area contributed by atoms with E-state index in [4.69, 9.17) is 13.6 Å². The molecule has 0 aliphatic rings. The Balaban J connectivity index is 1.41. The molecule has 0 spiro atoms. The first-order valence-electron chi connectivity index (χ1n) is 10.6. The molecule has 0 fully saturated rings. The van der Waals surface area contributed by atoms with Gasteiger partial charge in [-0.25, -0.2) is 0 Å². The fourth-order valence-corrected chi connectivity index (χ4v) is 3.75. The van der Waals surface area contributed by atoms with Gasteiger partial charge in [0.05, 0.1) is 12.5 Å². The van der Waals surface area contributed by atoms with Crippen molar-refractivity contribution in [2.24, 2.45) is 0 Å². The highest BCUT2D eigenvalue weighted by Gasteiger charge is 2.25. The van der Waals surface area contributed by atoms with Gasteiger partial charge >= 0.3 is 6.01 Å². The van der Waals surface area contributed by atoms with E-state index in [0.717, 1.165) is 16.5 Å². The zero-order valence-corrected chi connectivity index (χ0v) is 17.9. The van der Waals surface area contributed by atoms with Gasteiger partial charge in [-0.2, -0.15) is 0 Å². The average Bonchev–Trinajstić information content (AvgIpc) is 3.48. The fourth-order valence-electron chi connectivity index (χ4n) is 3.75. The summed E-state index contributed by atoms with van der Waals surface area (Å²) in [5, 5.41) is 11.6. The molecule has 0 atom stereocenters. The molecule has 5 aromatic rings. The Morgan fingerprint density at radius 2 is 1.61 bits per heavy atom. The number of para-hydroxylation sites is 1. The van der Waals surface area contributed by atoms with Crippen LogP contribution >= 0.6 is 0 Å². The number of fused-ring (bicyclic) bond motifs is 1. The minimum atomic E-state index is -0.525. The minimum Gasteiger partial charge on any atom is -0.490 e. The van der Waals surface area contributed by atoms with E-state index in [1.807, 2.05) is 85.8 Å². The number of furan rings is 1. The van der Waals surface area contributed by atoms with Crippen molar-refractivity contribution in [2.45, 2.75) is 12.8 Å². The second-order valence-corrected chi connectivity index (χ2v) is 7.37. The Kier molecular flexibility index (Phi) is 5.59. The molecule has 33 heavy (non-hydrogen) atoms. The number of rotatable bonds is 7. The number of anilines is 1. The zero-order valence-electron chi connectivity index (χ0n) is 17.9. The van der Waals surface area contributed by atoms with Crippen molar-refractivity contribution in [3.8, 4) is 17.4 Å². The van der Waals surface area contributed by atoms with Gasteiger partial charge in [0.2, 0.25) is 5.91 Å². The summed E-state index contributed by atoms with van der Waals surface area (Å²) >= 11 is 0. The monoisotopic (exact) mass is 439 g/mol. The van der Waals surface area contributed by atoms with E-state index in [1.165, 1.54) is 0 Å². The predicted octanol–water partition coefficient (Wildman–Crippen LogP) is 5.65. The number of benzene rings is 3. The molecule has 5 rings (SSSR count). The summed E-state index contributed by atoms with van der Waals surface area (Å²) in [5.74, 6) is 0.407. The highest BCUT2D eigenvalue weighted by Crippen LogP contribution is 2.33. The molecule has 7 heteroatoms. The SMILES string of the molecule is CCOc1cccc2cc(-c3nnc(NC(=O)C(c4ccccc4)c4ccccc4)o3)oc12. The lowest BCUT2D eigenvalue weighted by atomic mass is 9.90. The van der Waals surface area contributed by atoms with Crippen molar-refractivity contribution in [2.75, 3.05) is 11.9 Å². The molecule has 0 saturated carbocycles. The quantitative estimate of drug-likeness (QED) is 0.352. The molecule has 7 nitrogen and oxygen atoms in total. The Morgan fingerprint density at radius 3 is 2.27 bits per heavy atom. The van der Waals surface area contributed by atoms with Gasteiger partial charge in [0.25, 0.3) is 5.89 Å². The second-order valence-electron chi connectivity index (χ2n) is 7.37. The van der Waals surface area contributed by atoms with E-state index in [1.54, 1.807) is 6.07 Å². The maximum atomic E-state index is 13.2. The maximum Gasteiger partial charge on any atom is 0.322 e. The third-order valence-corrected chi connectivity index (χ3v) is 5.20. The molecule has 0 aliphatic carbocycles. The van der Waals surface area contributed by atoms with E-state index in [9.17, 15) is 4.79 Å². The third-order valence-electron chi connectivity index (χ3n) is 5.20. The molecule has 2 heterocycles. The number of amides is 1. The summed E-state index contributed by atoms with van der Waals surface area (Å²) in [4.78, 5) is 13.2. The third kappa shape index (κ3) is 4.21. The molecule has 0 radical (unpaired) electrons. The number of ether oxygens (including phenoxy) is 1. The molecule has 0 aliphatic heterocycles. The van der Waals surface area contributed by atoms with Crippen LogP contribution in [-0.4, -0.2) is 22.7 Å². The van der Waals surface area contributed by atoms with Gasteiger partial charge in [0.15, 0.2) is 17.1 Å². The average molecular weight is 439 g/mol. The largest absolute Gasteiger partial charge is 0.490 e. The summed E-state index contributed by atoms with van der Waals surface area (Å²) in [6.45, 7) is 2.43. The molecule has 1 amide bonds. The Labute approximate surface area is 190 Å². The lowest BCUT2D eigenvalue weighted by Crippen LogP contribution is -2.22. The van der Waals surface area contributed by atoms with E-state index in [0.29, 0.717) is 23.7 Å². The zero-order chi connectivity index (χ0) is 22.6. The van der Waals surface area contributed by atoms with E-state index >= 15 is 0 Å². The lowest BCUT2D eigenvalue weighted by molar-refractivity contribution is -0.116. The first kappa shape index (κ1) is 20.5. The predicted molar refractivity (Wildman–Crippen MR) is 124 cm³/mol. The Bertz CT molecular complexity index is 1340. The van der Waals surface area contributed by atoms with Gasteiger partial charge in [-0.3, -0.25) is 10.1 Å². The van der Waals surface area contributed by atoms with Gasteiger partial charge in [-0.05, 0) is 30.2 Å². The van der Waals surface area contributed by atoms with E-state index in [-0.39, 0.29) is 17.8 Å². The number of hydrogen-bond donors (Lipinski definition) is 1. The van der Waals surface area contributed by atoms with Gasteiger partial charge in [-0.1, -0.05) is 77.9 Å². The highest BCUT2D eigenvalue weighted by atomic mass is 16.5. The van der Waals surface area contributed by atoms with Crippen LogP contribution in [0.5, 0.6) is 5.75 Å². The number of nitrogens with zero attached hydrogens (tertiary/aromatic N) is 2. The molecular formula is C26H21N3O4. The Hall–Kier alpha value is -4.39. The standard InChI is InChI=1S/C26H21N3O4/c1-2-31-20-15-9-14-19-16-21(32-23(19)20)25-28-29-26(33-25)27-24(30)22(17-10-5-3-6-11-17)18-12-7-4-8-13-18/h3-16,22H,2H2,1H3,(H,27,29,30). The van der Waals surface area contributed by atoms with Gasteiger partial charge in [0, 0.05) is 5.39 Å². The van der Waals surface area contributed by atoms with Crippen LogP contribution in [0.4, 0.5) is 6.01 Å². The number of carbonyl (C=O) groups is 1. The first-order chi connectivity index (χ1) is 16.2. The number of aromatic nitrogens is 2. The Morgan fingerprint density at radius 1 is 0.909 bits per heavy atom. The summed E-state index contributed by atoms with van der Waals surface area (Å²) in [6.07, 6.45) is 0. The maximum absolute atomic E-state index is 13.2. The van der Waals surface area contributed by atoms with Crippen molar-refractivity contribution in [1.29, 1.82) is 0 Å². The van der Waals surface area contributed by atoms with Crippen LogP contribution in [0, 0.1) is 0 Å². The normalized spacial score (nSPS) is 11.1. The molecule has 2 aromatic heterocycles. The summed E-state index contributed by atoms with van der Waals surface area (Å²) in [5.41, 5.74) is 2.33. The summed E-state index contributed by atoms with van der Waals surface area (Å²) in [6, 6.07) is 26.6. The summed E-state index contributed by atoms with van der Waals surface area (Å²) in [7, 11) is 0. The van der Waals surface area contributed by atoms with Gasteiger partial charge in [0.1, 0.15) is 0 Å². The van der Waals surface area contributed by atoms with Crippen molar-refractivity contribution >= 4 is 22.9 Å². The molecule has 0 saturated heterocycles. The van der Waals surface area contributed by atoms with Gasteiger partial charge in [-0.15, -0.1) is 5.10 Å². The molecule has 0 unspecified atom stereocenters. The first-order valence-corrected chi connectivity index (χ1v) is 10.6. The van der Waals surface area contributed by atoms with Crippen LogP contribution in [0.15, 0.2) is 93.8 Å². The summed E-state index contributed by atoms with van der Waals surface area (Å²) < 4.78 is 17.2. The fraction of sp³-hybridized carbons (Fsp3) is 0.115. The smallest absolute Gasteiger partial charge is 0.322 e. The molecule has 3 aromatic carbocycles. The van der Waals surface area contributed by atoms with Crippen molar-refractivity contribution in [3.63, 3.8) is 0 Å². The van der Waals surface area contributed by atoms with E-state index in [2.05, 4.69) is 15.5 Å². The second kappa shape index (κ2) is 9.00. The van der Waals surface area contributed by atoms with E-state index < -0.39 is 5.92 Å². The molecular weight excluding hydrogens is 418 g/mol. The topological polar surface area (TPSA) is 90.4 Å². The molecule has 164 valence electrons. The lowest BCUT2D eigenvalue weighted by Gasteiger charge is -2.16. The number of nitrogens with one attached hydrogen (secondary N) is 1. The van der Waals surface area contributed by atoms with Crippen LogP contribution in [-0.2, 0) is 4.79 Å². The highest BCUT2D eigenvalue weighted by molar-refractivity contribution is 5.96. The van der Waals surface area contributed by atoms with Crippen LogP contribution in [0.1, 0.15) is 24.0 Å². The number of hydrogen-bond acceptors (Lipinski definition) is 6. The number of carbonyl (C=O) groups excluding carboxylic acids is 1.